The van der Waals surface area contributed by atoms with E-state index in [1.807, 2.05) is 0 Å². The summed E-state index contributed by atoms with van der Waals surface area (Å²) in [6.07, 6.45) is 8.82. The number of nitrogens with two attached hydrogens (primary N) is 1. The molecule has 0 aromatic heterocycles. The highest BCUT2D eigenvalue weighted by Gasteiger charge is 2.43. The molecule has 2 heterocycles. The first-order valence-electron chi connectivity index (χ1n) is 7.26. The lowest BCUT2D eigenvalue weighted by Crippen LogP contribution is -2.47. The first-order valence-corrected chi connectivity index (χ1v) is 7.26. The molecular weight excluding hydrogens is 214 g/mol. The second-order valence-electron chi connectivity index (χ2n) is 6.21. The van der Waals surface area contributed by atoms with E-state index in [0.717, 1.165) is 45.0 Å². The second-order valence-corrected chi connectivity index (χ2v) is 6.21. The van der Waals surface area contributed by atoms with Crippen molar-refractivity contribution in [2.45, 2.75) is 56.6 Å². The topological polar surface area (TPSA) is 44.5 Å². The predicted molar refractivity (Wildman–Crippen MR) is 66.8 cm³/mol. The minimum absolute atomic E-state index is 0.0269. The summed E-state index contributed by atoms with van der Waals surface area (Å²) in [6, 6.07) is 0.402. The van der Waals surface area contributed by atoms with Crippen LogP contribution in [-0.2, 0) is 9.47 Å². The quantitative estimate of drug-likeness (QED) is 0.802. The fraction of sp³-hybridized carbons (Fsp3) is 1.00. The Labute approximate surface area is 104 Å². The van der Waals surface area contributed by atoms with Gasteiger partial charge in [-0.2, -0.15) is 0 Å². The van der Waals surface area contributed by atoms with E-state index in [9.17, 15) is 0 Å². The maximum Gasteiger partial charge on any atom is 0.0939 e. The third kappa shape index (κ3) is 2.38. The smallest absolute Gasteiger partial charge is 0.0939 e. The third-order valence-electron chi connectivity index (χ3n) is 5.09. The van der Waals surface area contributed by atoms with Crippen molar-refractivity contribution in [1.82, 2.24) is 0 Å². The van der Waals surface area contributed by atoms with Gasteiger partial charge >= 0.3 is 0 Å². The number of hydrogen-bond donors (Lipinski definition) is 1. The zero-order valence-electron chi connectivity index (χ0n) is 10.7. The maximum absolute atomic E-state index is 6.51. The lowest BCUT2D eigenvalue weighted by atomic mass is 9.77. The largest absolute Gasteiger partial charge is 0.378 e. The van der Waals surface area contributed by atoms with Crippen LogP contribution in [0.4, 0.5) is 0 Å². The Balaban J connectivity index is 1.62. The van der Waals surface area contributed by atoms with E-state index < -0.39 is 0 Å². The Bertz CT molecular complexity index is 257. The van der Waals surface area contributed by atoms with E-state index in [4.69, 9.17) is 15.2 Å². The molecule has 0 radical (unpaired) electrons. The zero-order chi connectivity index (χ0) is 11.7. The molecule has 17 heavy (non-hydrogen) atoms. The van der Waals surface area contributed by atoms with Crippen molar-refractivity contribution in [3.8, 4) is 0 Å². The average Bonchev–Trinajstić information content (AvgIpc) is 3.00. The number of hydrogen-bond acceptors (Lipinski definition) is 3. The Morgan fingerprint density at radius 3 is 2.59 bits per heavy atom. The second kappa shape index (κ2) is 4.87. The van der Waals surface area contributed by atoms with Gasteiger partial charge in [0.1, 0.15) is 0 Å². The van der Waals surface area contributed by atoms with E-state index in [-0.39, 0.29) is 5.60 Å². The van der Waals surface area contributed by atoms with Crippen LogP contribution in [0.3, 0.4) is 0 Å². The number of rotatable bonds is 2. The summed E-state index contributed by atoms with van der Waals surface area (Å²) < 4.78 is 11.5. The molecular formula is C14H25NO2. The molecule has 2 aliphatic heterocycles. The van der Waals surface area contributed by atoms with Crippen LogP contribution in [0.15, 0.2) is 0 Å². The van der Waals surface area contributed by atoms with Crippen molar-refractivity contribution in [2.75, 3.05) is 19.8 Å². The minimum atomic E-state index is 0.0269. The van der Waals surface area contributed by atoms with Gasteiger partial charge in [-0.1, -0.05) is 12.8 Å². The monoisotopic (exact) mass is 239 g/mol. The molecule has 3 fully saturated rings. The first-order chi connectivity index (χ1) is 8.29. The van der Waals surface area contributed by atoms with Gasteiger partial charge in [0.2, 0.25) is 0 Å². The fourth-order valence-corrected chi connectivity index (χ4v) is 3.98. The van der Waals surface area contributed by atoms with Crippen LogP contribution in [-0.4, -0.2) is 31.5 Å². The highest BCUT2D eigenvalue weighted by atomic mass is 16.6. The molecule has 3 atom stereocenters. The van der Waals surface area contributed by atoms with E-state index >= 15 is 0 Å². The third-order valence-corrected chi connectivity index (χ3v) is 5.09. The fourth-order valence-electron chi connectivity index (χ4n) is 3.98. The minimum Gasteiger partial charge on any atom is -0.378 e. The molecule has 3 rings (SSSR count). The van der Waals surface area contributed by atoms with Crippen LogP contribution < -0.4 is 5.73 Å². The van der Waals surface area contributed by atoms with E-state index in [2.05, 4.69) is 0 Å². The maximum atomic E-state index is 6.51. The average molecular weight is 239 g/mol. The molecule has 3 aliphatic rings. The molecule has 3 unspecified atom stereocenters. The van der Waals surface area contributed by atoms with Crippen LogP contribution in [0.2, 0.25) is 0 Å². The van der Waals surface area contributed by atoms with Crippen LogP contribution >= 0.6 is 0 Å². The molecule has 0 amide bonds. The molecule has 1 spiro atoms. The standard InChI is InChI=1S/C14H25NO2/c15-13(11-3-1-2-4-11)12-5-7-17-14(9-12)6-8-16-10-14/h11-13H,1-10,15H2. The molecule has 0 aromatic rings. The normalized spacial score (nSPS) is 41.1. The molecule has 0 bridgehead atoms. The van der Waals surface area contributed by atoms with Crippen molar-refractivity contribution >= 4 is 0 Å². The molecule has 98 valence electrons. The molecule has 3 heteroatoms. The van der Waals surface area contributed by atoms with E-state index in [1.165, 1.54) is 25.7 Å². The van der Waals surface area contributed by atoms with Gasteiger partial charge in [0.05, 0.1) is 12.2 Å². The van der Waals surface area contributed by atoms with Crippen LogP contribution in [0.1, 0.15) is 44.9 Å². The highest BCUT2D eigenvalue weighted by Crippen LogP contribution is 2.40. The van der Waals surface area contributed by atoms with Gasteiger partial charge in [0.25, 0.3) is 0 Å². The van der Waals surface area contributed by atoms with Crippen molar-refractivity contribution in [1.29, 1.82) is 0 Å². The molecule has 1 saturated carbocycles. The van der Waals surface area contributed by atoms with Gasteiger partial charge in [-0.25, -0.2) is 0 Å². The Morgan fingerprint density at radius 1 is 1.06 bits per heavy atom. The Hall–Kier alpha value is -0.120. The van der Waals surface area contributed by atoms with Gasteiger partial charge in [0.15, 0.2) is 0 Å². The first kappa shape index (κ1) is 11.9. The van der Waals surface area contributed by atoms with Gasteiger partial charge < -0.3 is 15.2 Å². The Kier molecular flexibility index (Phi) is 3.42. The summed E-state index contributed by atoms with van der Waals surface area (Å²) in [4.78, 5) is 0. The van der Waals surface area contributed by atoms with Crippen LogP contribution in [0, 0.1) is 11.8 Å². The van der Waals surface area contributed by atoms with Gasteiger partial charge in [0, 0.05) is 25.7 Å². The summed E-state index contributed by atoms with van der Waals surface area (Å²) >= 11 is 0. The van der Waals surface area contributed by atoms with Crippen molar-refractivity contribution in [2.24, 2.45) is 17.6 Å². The van der Waals surface area contributed by atoms with Crippen molar-refractivity contribution in [3.05, 3.63) is 0 Å². The highest BCUT2D eigenvalue weighted by molar-refractivity contribution is 4.95. The van der Waals surface area contributed by atoms with E-state index in [1.54, 1.807) is 0 Å². The summed E-state index contributed by atoms with van der Waals surface area (Å²) in [5.74, 6) is 1.44. The SMILES string of the molecule is NC(C1CCCC1)C1CCOC2(CCOC2)C1. The molecule has 0 aromatic carbocycles. The lowest BCUT2D eigenvalue weighted by molar-refractivity contribution is -0.103. The molecule has 2 saturated heterocycles. The Morgan fingerprint density at radius 2 is 1.88 bits per heavy atom. The zero-order valence-corrected chi connectivity index (χ0v) is 10.7. The molecule has 1 aliphatic carbocycles. The van der Waals surface area contributed by atoms with Gasteiger partial charge in [-0.15, -0.1) is 0 Å². The molecule has 2 N–H and O–H groups in total. The van der Waals surface area contributed by atoms with E-state index in [0.29, 0.717) is 12.0 Å². The summed E-state index contributed by atoms with van der Waals surface area (Å²) in [5.41, 5.74) is 6.54. The summed E-state index contributed by atoms with van der Waals surface area (Å²) in [7, 11) is 0. The van der Waals surface area contributed by atoms with Gasteiger partial charge in [-0.3, -0.25) is 0 Å². The lowest BCUT2D eigenvalue weighted by Gasteiger charge is -2.40. The van der Waals surface area contributed by atoms with Crippen LogP contribution in [0.25, 0.3) is 0 Å². The van der Waals surface area contributed by atoms with Crippen LogP contribution in [0.5, 0.6) is 0 Å². The summed E-state index contributed by atoms with van der Waals surface area (Å²) in [6.45, 7) is 2.54. The summed E-state index contributed by atoms with van der Waals surface area (Å²) in [5, 5.41) is 0. The van der Waals surface area contributed by atoms with Gasteiger partial charge in [-0.05, 0) is 37.5 Å². The predicted octanol–water partition coefficient (Wildman–Crippen LogP) is 2.09. The van der Waals surface area contributed by atoms with Crippen molar-refractivity contribution in [3.63, 3.8) is 0 Å². The molecule has 3 nitrogen and oxygen atoms in total. The van der Waals surface area contributed by atoms with Crippen molar-refractivity contribution < 1.29 is 9.47 Å². The number of ether oxygens (including phenoxy) is 2.